The summed E-state index contributed by atoms with van der Waals surface area (Å²) in [7, 11) is -8.69. The van der Waals surface area contributed by atoms with Crippen LogP contribution in [0.5, 0.6) is 0 Å². The van der Waals surface area contributed by atoms with E-state index < -0.39 is 160 Å². The lowest BCUT2D eigenvalue weighted by Gasteiger charge is -2.34. The van der Waals surface area contributed by atoms with Gasteiger partial charge in [0.1, 0.15) is 89.5 Å². The number of aromatic nitrogens is 6. The third kappa shape index (κ3) is 16.2. The molecule has 0 unspecified atom stereocenters. The Balaban J connectivity index is 0.000000326. The second kappa shape index (κ2) is 29.0. The molecule has 0 bridgehead atoms. The average Bonchev–Trinajstić information content (AvgIpc) is 1.58. The third-order valence-electron chi connectivity index (χ3n) is 13.7. The van der Waals surface area contributed by atoms with Gasteiger partial charge in [-0.15, -0.1) is 0 Å². The number of aliphatic hydroxyl groups excluding tert-OH is 1. The molecule has 35 heteroatoms. The van der Waals surface area contributed by atoms with Crippen molar-refractivity contribution in [1.29, 1.82) is 10.5 Å². The topological polar surface area (TPSA) is 471 Å². The molecule has 2 fully saturated rings. The Morgan fingerprint density at radius 1 is 0.584 bits per heavy atom. The smallest absolute Gasteiger partial charge is 0.342 e. The first-order valence-corrected chi connectivity index (χ1v) is 31.6. The zero-order chi connectivity index (χ0) is 67.1. The quantitative estimate of drug-likeness (QED) is 0.0247. The van der Waals surface area contributed by atoms with Gasteiger partial charge in [0, 0.05) is 0 Å². The van der Waals surface area contributed by atoms with Crippen LogP contribution in [0, 0.1) is 28.6 Å². The zero-order valence-electron chi connectivity index (χ0n) is 52.4. The highest BCUT2D eigenvalue weighted by atomic mass is 31.2. The predicted octanol–water partition coefficient (Wildman–Crippen LogP) is 2.26. The highest BCUT2D eigenvalue weighted by Crippen LogP contribution is 2.52. The van der Waals surface area contributed by atoms with Crippen LogP contribution in [0.4, 0.5) is 11.6 Å². The van der Waals surface area contributed by atoms with E-state index in [2.05, 4.69) is 40.5 Å². The number of nitrogen functional groups attached to an aromatic ring is 2. The molecule has 0 amide bonds. The molecular formula is C54H82N14O19P2. The number of rotatable bonds is 26. The molecule has 2 aliphatic heterocycles. The van der Waals surface area contributed by atoms with Crippen LogP contribution in [0.15, 0.2) is 36.9 Å². The summed E-state index contributed by atoms with van der Waals surface area (Å²) in [5.74, 6) is -4.15. The number of carbonyl (C=O) groups excluding carboxylic acids is 5. The maximum absolute atomic E-state index is 14.3. The molecule has 0 aliphatic carbocycles. The van der Waals surface area contributed by atoms with Crippen molar-refractivity contribution in [3.8, 4) is 12.1 Å². The second-order valence-corrected chi connectivity index (χ2v) is 26.8. The number of aliphatic hydroxyl groups is 3. The Morgan fingerprint density at radius 3 is 1.24 bits per heavy atom. The minimum atomic E-state index is -4.39. The fraction of sp³-hybridized carbons (Fsp3) is 0.648. The first-order valence-electron chi connectivity index (χ1n) is 28.4. The Hall–Kier alpha value is -6.81. The molecule has 89 heavy (non-hydrogen) atoms. The van der Waals surface area contributed by atoms with Gasteiger partial charge in [0.2, 0.25) is 11.2 Å². The number of anilines is 2. The predicted molar refractivity (Wildman–Crippen MR) is 314 cm³/mol. The Bertz CT molecular complexity index is 3310. The van der Waals surface area contributed by atoms with Crippen molar-refractivity contribution in [1.82, 2.24) is 49.5 Å². The van der Waals surface area contributed by atoms with Gasteiger partial charge >= 0.3 is 45.2 Å². The number of nitrogens with one attached hydrogen (secondary N) is 4. The van der Waals surface area contributed by atoms with Crippen LogP contribution in [0.2, 0.25) is 0 Å². The van der Waals surface area contributed by atoms with E-state index in [0.29, 0.717) is 11.0 Å². The van der Waals surface area contributed by atoms with Crippen LogP contribution in [-0.4, -0.2) is 172 Å². The molecule has 33 nitrogen and oxygen atoms in total. The minimum Gasteiger partial charge on any atom is -0.462 e. The Morgan fingerprint density at radius 2 is 0.910 bits per heavy atom. The molecule has 4 aromatic heterocycles. The van der Waals surface area contributed by atoms with Crippen molar-refractivity contribution in [2.75, 3.05) is 24.7 Å². The number of fused-ring (bicyclic) bond motifs is 2. The zero-order valence-corrected chi connectivity index (χ0v) is 54.2. The first kappa shape index (κ1) is 72.9. The molecule has 0 radical (unpaired) electrons. The van der Waals surface area contributed by atoms with E-state index in [1.807, 2.05) is 12.1 Å². The van der Waals surface area contributed by atoms with Gasteiger partial charge in [0.15, 0.2) is 17.7 Å². The number of esters is 5. The molecular weight excluding hydrogens is 1210 g/mol. The maximum Gasteiger partial charge on any atom is 0.342 e. The van der Waals surface area contributed by atoms with Crippen LogP contribution in [0.25, 0.3) is 11.0 Å². The minimum absolute atomic E-state index is 0.0386. The number of nitrogens with two attached hydrogens (primary N) is 2. The van der Waals surface area contributed by atoms with Gasteiger partial charge in [-0.25, -0.2) is 39.3 Å². The van der Waals surface area contributed by atoms with E-state index in [-0.39, 0.29) is 23.0 Å². The van der Waals surface area contributed by atoms with Crippen molar-refractivity contribution in [3.63, 3.8) is 0 Å². The van der Waals surface area contributed by atoms with E-state index in [9.17, 15) is 58.9 Å². The highest BCUT2D eigenvalue weighted by Gasteiger charge is 2.68. The number of hydrogen-bond acceptors (Lipinski definition) is 27. The van der Waals surface area contributed by atoms with Gasteiger partial charge in [-0.05, 0) is 121 Å². The van der Waals surface area contributed by atoms with Crippen molar-refractivity contribution in [2.24, 2.45) is 5.92 Å². The summed E-state index contributed by atoms with van der Waals surface area (Å²) >= 11 is 0. The summed E-state index contributed by atoms with van der Waals surface area (Å²) in [6.45, 7) is 22.9. The number of carbonyl (C=O) groups is 5. The first-order chi connectivity index (χ1) is 41.3. The van der Waals surface area contributed by atoms with Gasteiger partial charge in [0.05, 0.1) is 54.9 Å². The molecule has 2 saturated heterocycles. The van der Waals surface area contributed by atoms with E-state index in [1.54, 1.807) is 69.2 Å². The van der Waals surface area contributed by atoms with Gasteiger partial charge in [-0.1, -0.05) is 13.8 Å². The number of hydrogen-bond donors (Lipinski definition) is 9. The Kier molecular flexibility index (Phi) is 23.8. The van der Waals surface area contributed by atoms with Crippen molar-refractivity contribution < 1.29 is 90.6 Å². The van der Waals surface area contributed by atoms with Gasteiger partial charge < -0.3 is 69.0 Å². The van der Waals surface area contributed by atoms with Gasteiger partial charge in [0.25, 0.3) is 0 Å². The lowest BCUT2D eigenvalue weighted by molar-refractivity contribution is -0.168. The Labute approximate surface area is 514 Å². The van der Waals surface area contributed by atoms with E-state index in [1.165, 1.54) is 74.8 Å². The van der Waals surface area contributed by atoms with Gasteiger partial charge in [-0.2, -0.15) is 20.7 Å². The summed E-state index contributed by atoms with van der Waals surface area (Å²) in [6.07, 6.45) is -5.69. The molecule has 12 atom stereocenters. The van der Waals surface area contributed by atoms with Crippen LogP contribution in [0.1, 0.15) is 122 Å². The molecule has 492 valence electrons. The average molecular weight is 1290 g/mol. The number of nitriles is 2. The van der Waals surface area contributed by atoms with Crippen molar-refractivity contribution in [2.45, 2.75) is 206 Å². The molecule has 6 heterocycles. The standard InChI is InChI=1S/C29H44N7O10P.C25H38N7O9P/c1-15(2)25(37)45-23-21(46-29(13-30,28(23,9)40)22-11-10-20-24(31)32-14-33-36(20)22)12-42-47(41,34-18(7)26(38)43-16(3)4)35-19(8)27(39)44-17(5)6;1-13(2)39-22(34)15(5)30-42(37,31-16(6)23(35)40-14(3)4)38-10-18-20(33)24(7,36)25(11-26,41-18)19-9-8-17-21(27)28-12-29-32(17)19/h10-11,14-19,21,23,40H,12H2,1-9H3,(H2,31,32,33)(H2,34,35,41);8-9,12-16,18,20,33,36H,10H2,1-7H3,(H2,27,28,29)(H2,30,31,37)/t18-,19-,21+,23+,28+,29-;15-,16-,18+,20+,24+,25-/m00/s1. The maximum atomic E-state index is 14.3. The van der Waals surface area contributed by atoms with E-state index >= 15 is 0 Å². The summed E-state index contributed by atoms with van der Waals surface area (Å²) in [5.41, 5.74) is 3.74. The number of ether oxygens (including phenoxy) is 7. The largest absolute Gasteiger partial charge is 0.462 e. The third-order valence-corrected chi connectivity index (χ3v) is 17.7. The van der Waals surface area contributed by atoms with Crippen LogP contribution in [-0.2, 0) is 86.5 Å². The SMILES string of the molecule is CC(C)OC(=O)[C@H](C)NP(=O)(N[C@@H](C)C(=O)OC(C)C)OC[C@H]1O[C@@](C#N)(c2ccc3c(N)ncnn23)[C@](C)(O)[C@@H]1O.CC(C)OC(=O)[C@H](C)NP(=O)(N[C@@H](C)C(=O)OC(C)C)OC[C@H]1O[C@@](C#N)(c2ccc3c(N)ncnn23)[C@](C)(O)[C@@H]1OC(=O)C(C)C. The molecule has 11 N–H and O–H groups in total. The summed E-state index contributed by atoms with van der Waals surface area (Å²) in [4.78, 5) is 70.8. The van der Waals surface area contributed by atoms with Crippen LogP contribution < -0.4 is 31.8 Å². The van der Waals surface area contributed by atoms with Crippen LogP contribution >= 0.6 is 15.3 Å². The molecule has 0 saturated carbocycles. The van der Waals surface area contributed by atoms with E-state index in [0.717, 1.165) is 12.7 Å². The molecule has 2 aliphatic rings. The summed E-state index contributed by atoms with van der Waals surface area (Å²) in [6, 6.07) is 5.20. The number of nitrogens with zero attached hydrogens (tertiary/aromatic N) is 8. The summed E-state index contributed by atoms with van der Waals surface area (Å²) < 4.78 is 80.8. The molecule has 6 rings (SSSR count). The molecule has 0 spiro atoms. The monoisotopic (exact) mass is 1290 g/mol. The van der Waals surface area contributed by atoms with Crippen LogP contribution in [0.3, 0.4) is 0 Å². The van der Waals surface area contributed by atoms with Crippen molar-refractivity contribution in [3.05, 3.63) is 48.3 Å². The normalized spacial score (nSPS) is 25.1. The van der Waals surface area contributed by atoms with Crippen molar-refractivity contribution >= 4 is 67.9 Å². The lowest BCUT2D eigenvalue weighted by atomic mass is 9.80. The lowest BCUT2D eigenvalue weighted by Crippen LogP contribution is -2.54. The fourth-order valence-corrected chi connectivity index (χ4v) is 12.9. The fourth-order valence-electron chi connectivity index (χ4n) is 9.27. The molecule has 4 aromatic rings. The summed E-state index contributed by atoms with van der Waals surface area (Å²) in [5, 5.41) is 73.8. The molecule has 0 aromatic carbocycles. The van der Waals surface area contributed by atoms with Gasteiger partial charge in [-0.3, -0.25) is 33.1 Å². The highest BCUT2D eigenvalue weighted by molar-refractivity contribution is 7.55. The van der Waals surface area contributed by atoms with E-state index in [4.69, 9.17) is 53.7 Å². The second-order valence-electron chi connectivity index (χ2n) is 23.0.